The average Bonchev–Trinajstić information content (AvgIpc) is 2.79. The first kappa shape index (κ1) is 20.9. The molecule has 3 heterocycles. The summed E-state index contributed by atoms with van der Waals surface area (Å²) in [5.41, 5.74) is 3.20. The van der Waals surface area contributed by atoms with E-state index in [2.05, 4.69) is 4.98 Å². The molecule has 1 aliphatic heterocycles. The fourth-order valence-corrected chi connectivity index (χ4v) is 3.94. The van der Waals surface area contributed by atoms with Crippen molar-refractivity contribution in [1.82, 2.24) is 19.9 Å². The van der Waals surface area contributed by atoms with E-state index in [1.807, 2.05) is 23.1 Å². The first-order valence-electron chi connectivity index (χ1n) is 10.4. The van der Waals surface area contributed by atoms with E-state index in [1.54, 1.807) is 32.5 Å². The second-order valence-electron chi connectivity index (χ2n) is 7.83. The molecule has 0 N–H and O–H groups in total. The minimum Gasteiger partial charge on any atom is -0.495 e. The number of piperidine rings is 1. The van der Waals surface area contributed by atoms with Crippen LogP contribution in [0.4, 0.5) is 4.39 Å². The molecule has 0 bridgehead atoms. The molecule has 0 radical (unpaired) electrons. The van der Waals surface area contributed by atoms with E-state index in [0.717, 1.165) is 41.9 Å². The Morgan fingerprint density at radius 3 is 2.87 bits per heavy atom. The number of pyridine rings is 1. The van der Waals surface area contributed by atoms with Gasteiger partial charge in [0.25, 0.3) is 0 Å². The summed E-state index contributed by atoms with van der Waals surface area (Å²) < 4.78 is 19.0. The maximum atomic E-state index is 13.7. The number of nitrogens with zero attached hydrogens (tertiary/aromatic N) is 4. The Kier molecular flexibility index (Phi) is 6.21. The smallest absolute Gasteiger partial charge is 0.219 e. The standard InChI is InChI=1S/C24H25FN4O2/c1-16(30)29-8-4-6-18(15-29)24-27-21(10-17-5-3-7-20(25)9-17)12-23(28-24)19-11-22(31-2)14-26-13-19/h3,5,7,9,11-14,18H,4,6,8,10,15H2,1-2H3. The van der Waals surface area contributed by atoms with Crippen LogP contribution in [0.5, 0.6) is 5.75 Å². The third-order valence-electron chi connectivity index (χ3n) is 5.55. The van der Waals surface area contributed by atoms with Crippen molar-refractivity contribution in [2.45, 2.75) is 32.1 Å². The Morgan fingerprint density at radius 2 is 2.10 bits per heavy atom. The van der Waals surface area contributed by atoms with Gasteiger partial charge in [0.05, 0.1) is 19.0 Å². The molecule has 1 aliphatic rings. The largest absolute Gasteiger partial charge is 0.495 e. The maximum Gasteiger partial charge on any atom is 0.219 e. The summed E-state index contributed by atoms with van der Waals surface area (Å²) in [6.45, 7) is 2.97. The first-order valence-corrected chi connectivity index (χ1v) is 10.4. The van der Waals surface area contributed by atoms with Crippen LogP contribution in [0.15, 0.2) is 48.8 Å². The lowest BCUT2D eigenvalue weighted by molar-refractivity contribution is -0.130. The number of amides is 1. The summed E-state index contributed by atoms with van der Waals surface area (Å²) in [4.78, 5) is 27.7. The van der Waals surface area contributed by atoms with Crippen molar-refractivity contribution in [3.8, 4) is 17.0 Å². The normalized spacial score (nSPS) is 16.2. The second-order valence-corrected chi connectivity index (χ2v) is 7.83. The summed E-state index contributed by atoms with van der Waals surface area (Å²) in [5, 5.41) is 0. The SMILES string of the molecule is COc1cncc(-c2cc(Cc3cccc(F)c3)nc(C3CCCN(C(C)=O)C3)n2)c1. The molecule has 1 aromatic carbocycles. The van der Waals surface area contributed by atoms with Crippen molar-refractivity contribution in [3.63, 3.8) is 0 Å². The molecule has 160 valence electrons. The number of likely N-dealkylation sites (tertiary alicyclic amines) is 1. The molecule has 1 unspecified atom stereocenters. The van der Waals surface area contributed by atoms with Crippen molar-refractivity contribution in [2.75, 3.05) is 20.2 Å². The highest BCUT2D eigenvalue weighted by molar-refractivity contribution is 5.73. The minimum atomic E-state index is -0.270. The molecular weight excluding hydrogens is 395 g/mol. The van der Waals surface area contributed by atoms with Gasteiger partial charge >= 0.3 is 0 Å². The van der Waals surface area contributed by atoms with Crippen LogP contribution in [0.25, 0.3) is 11.3 Å². The van der Waals surface area contributed by atoms with Crippen molar-refractivity contribution in [1.29, 1.82) is 0 Å². The minimum absolute atomic E-state index is 0.0578. The van der Waals surface area contributed by atoms with Gasteiger partial charge in [-0.3, -0.25) is 9.78 Å². The van der Waals surface area contributed by atoms with Gasteiger partial charge in [0, 0.05) is 49.8 Å². The molecule has 6 nitrogen and oxygen atoms in total. The van der Waals surface area contributed by atoms with Crippen LogP contribution < -0.4 is 4.74 Å². The highest BCUT2D eigenvalue weighted by atomic mass is 19.1. The highest BCUT2D eigenvalue weighted by Gasteiger charge is 2.26. The van der Waals surface area contributed by atoms with Crippen LogP contribution >= 0.6 is 0 Å². The van der Waals surface area contributed by atoms with E-state index in [1.165, 1.54) is 12.1 Å². The van der Waals surface area contributed by atoms with Gasteiger partial charge in [-0.2, -0.15) is 0 Å². The number of carbonyl (C=O) groups excluding carboxylic acids is 1. The Hall–Kier alpha value is -3.35. The van der Waals surface area contributed by atoms with E-state index < -0.39 is 0 Å². The number of ether oxygens (including phenoxy) is 1. The Balaban J connectivity index is 1.73. The zero-order valence-electron chi connectivity index (χ0n) is 17.7. The highest BCUT2D eigenvalue weighted by Crippen LogP contribution is 2.28. The average molecular weight is 420 g/mol. The van der Waals surface area contributed by atoms with Crippen LogP contribution in [-0.2, 0) is 11.2 Å². The Morgan fingerprint density at radius 1 is 1.23 bits per heavy atom. The lowest BCUT2D eigenvalue weighted by Crippen LogP contribution is -2.38. The fraction of sp³-hybridized carbons (Fsp3) is 0.333. The van der Waals surface area contributed by atoms with Gasteiger partial charge in [-0.1, -0.05) is 12.1 Å². The Labute approximate surface area is 181 Å². The van der Waals surface area contributed by atoms with Gasteiger partial charge in [-0.15, -0.1) is 0 Å². The Bertz CT molecular complexity index is 1090. The van der Waals surface area contributed by atoms with Crippen LogP contribution in [0, 0.1) is 5.82 Å². The molecule has 31 heavy (non-hydrogen) atoms. The molecule has 1 saturated heterocycles. The number of halogens is 1. The topological polar surface area (TPSA) is 68.2 Å². The third kappa shape index (κ3) is 5.05. The van der Waals surface area contributed by atoms with E-state index in [0.29, 0.717) is 24.5 Å². The lowest BCUT2D eigenvalue weighted by atomic mass is 9.96. The van der Waals surface area contributed by atoms with E-state index in [-0.39, 0.29) is 17.6 Å². The van der Waals surface area contributed by atoms with E-state index in [4.69, 9.17) is 14.7 Å². The molecule has 7 heteroatoms. The predicted molar refractivity (Wildman–Crippen MR) is 115 cm³/mol. The lowest BCUT2D eigenvalue weighted by Gasteiger charge is -2.31. The number of aromatic nitrogens is 3. The van der Waals surface area contributed by atoms with Crippen LogP contribution in [0.3, 0.4) is 0 Å². The molecule has 1 amide bonds. The van der Waals surface area contributed by atoms with Crippen molar-refractivity contribution in [3.05, 3.63) is 71.7 Å². The molecular formula is C24H25FN4O2. The maximum absolute atomic E-state index is 13.7. The summed E-state index contributed by atoms with van der Waals surface area (Å²) >= 11 is 0. The van der Waals surface area contributed by atoms with Crippen LogP contribution in [0.1, 0.15) is 42.8 Å². The summed E-state index contributed by atoms with van der Waals surface area (Å²) in [5.74, 6) is 1.20. The van der Waals surface area contributed by atoms with E-state index >= 15 is 0 Å². The first-order chi connectivity index (χ1) is 15.0. The zero-order valence-corrected chi connectivity index (χ0v) is 17.7. The third-order valence-corrected chi connectivity index (χ3v) is 5.55. The zero-order chi connectivity index (χ0) is 21.8. The number of hydrogen-bond donors (Lipinski definition) is 0. The van der Waals surface area contributed by atoms with Gasteiger partial charge < -0.3 is 9.64 Å². The molecule has 2 aromatic heterocycles. The molecule has 0 saturated carbocycles. The van der Waals surface area contributed by atoms with Gasteiger partial charge in [-0.05, 0) is 42.7 Å². The quantitative estimate of drug-likeness (QED) is 0.624. The summed E-state index contributed by atoms with van der Waals surface area (Å²) in [6.07, 6.45) is 5.70. The molecule has 0 spiro atoms. The summed E-state index contributed by atoms with van der Waals surface area (Å²) in [7, 11) is 1.60. The van der Waals surface area contributed by atoms with Gasteiger partial charge in [-0.25, -0.2) is 14.4 Å². The van der Waals surface area contributed by atoms with Crippen molar-refractivity contribution >= 4 is 5.91 Å². The number of carbonyl (C=O) groups is 1. The molecule has 1 atom stereocenters. The van der Waals surface area contributed by atoms with Gasteiger partial charge in [0.15, 0.2) is 0 Å². The van der Waals surface area contributed by atoms with Crippen LogP contribution in [0.2, 0.25) is 0 Å². The number of hydrogen-bond acceptors (Lipinski definition) is 5. The predicted octanol–water partition coefficient (Wildman–Crippen LogP) is 4.00. The van der Waals surface area contributed by atoms with Crippen molar-refractivity contribution < 1.29 is 13.9 Å². The number of rotatable bonds is 5. The second kappa shape index (κ2) is 9.20. The van der Waals surface area contributed by atoms with Gasteiger partial charge in [0.2, 0.25) is 5.91 Å². The number of methoxy groups -OCH3 is 1. The monoisotopic (exact) mass is 420 g/mol. The van der Waals surface area contributed by atoms with Gasteiger partial charge in [0.1, 0.15) is 17.4 Å². The van der Waals surface area contributed by atoms with Crippen molar-refractivity contribution in [2.24, 2.45) is 0 Å². The van der Waals surface area contributed by atoms with E-state index in [9.17, 15) is 9.18 Å². The molecule has 3 aromatic rings. The molecule has 0 aliphatic carbocycles. The van der Waals surface area contributed by atoms with Crippen LogP contribution in [-0.4, -0.2) is 46.0 Å². The fourth-order valence-electron chi connectivity index (χ4n) is 3.94. The molecule has 1 fully saturated rings. The summed E-state index contributed by atoms with van der Waals surface area (Å²) in [6, 6.07) is 10.3. The molecule has 4 rings (SSSR count). The number of benzene rings is 1.